The number of halogens is 1. The molecule has 8 nitrogen and oxygen atoms in total. The monoisotopic (exact) mass is 586 g/mol. The molecule has 0 unspecified atom stereocenters. The minimum atomic E-state index is -3.59. The van der Waals surface area contributed by atoms with Crippen LogP contribution in [0.25, 0.3) is 0 Å². The van der Waals surface area contributed by atoms with E-state index >= 15 is 0 Å². The van der Waals surface area contributed by atoms with Crippen molar-refractivity contribution in [3.8, 4) is 11.5 Å². The molecule has 1 amide bonds. The quantitative estimate of drug-likeness (QED) is 0.222. The molecule has 0 aromatic heterocycles. The Morgan fingerprint density at radius 3 is 2.34 bits per heavy atom. The van der Waals surface area contributed by atoms with Gasteiger partial charge in [0.2, 0.25) is 10.0 Å². The number of aryl methyl sites for hydroxylation is 1. The number of amides is 1. The summed E-state index contributed by atoms with van der Waals surface area (Å²) >= 11 is 3.44. The van der Waals surface area contributed by atoms with Crippen LogP contribution in [0.2, 0.25) is 18.1 Å². The van der Waals surface area contributed by atoms with E-state index in [2.05, 4.69) is 46.7 Å². The molecule has 0 saturated heterocycles. The third-order valence-electron chi connectivity index (χ3n) is 6.00. The fourth-order valence-corrected chi connectivity index (χ4v) is 7.31. The van der Waals surface area contributed by atoms with Gasteiger partial charge < -0.3 is 19.6 Å². The normalized spacial score (nSPS) is 12.7. The molecule has 0 spiro atoms. The van der Waals surface area contributed by atoms with Crippen LogP contribution in [-0.2, 0) is 19.2 Å². The number of nitrogens with one attached hydrogen (secondary N) is 2. The van der Waals surface area contributed by atoms with Gasteiger partial charge in [0, 0.05) is 11.0 Å². The Morgan fingerprint density at radius 1 is 1.11 bits per heavy atom. The van der Waals surface area contributed by atoms with Crippen LogP contribution >= 0.6 is 15.9 Å². The highest BCUT2D eigenvalue weighted by atomic mass is 79.9. The van der Waals surface area contributed by atoms with E-state index < -0.39 is 24.4 Å². The molecular formula is C24H35BrN2O6SSi. The van der Waals surface area contributed by atoms with Gasteiger partial charge in [-0.3, -0.25) is 9.52 Å². The standard InChI is InChI=1S/C24H35BrN2O6SSi/c1-6-35(7-2,8-3)33-23(18-9-12-22(28)21(14-18)27-34(5,30)31)15-26-24(29)16-32-19-10-11-20(25)17(4)13-19/h9-14,23,27-28H,6-8,15-16H2,1-5H3,(H,26,29)/t23-/m1/s1. The SMILES string of the molecule is CC[Si](CC)(CC)O[C@H](CNC(=O)COc1ccc(Br)c(C)c1)c1ccc(O)c(NS(C)(=O)=O)c1. The zero-order valence-corrected chi connectivity index (χ0v) is 24.3. The van der Waals surface area contributed by atoms with Crippen molar-refractivity contribution >= 4 is 45.9 Å². The van der Waals surface area contributed by atoms with Crippen LogP contribution in [0.4, 0.5) is 5.69 Å². The average Bonchev–Trinajstić information content (AvgIpc) is 2.81. The van der Waals surface area contributed by atoms with Gasteiger partial charge in [-0.15, -0.1) is 0 Å². The lowest BCUT2D eigenvalue weighted by Gasteiger charge is -2.34. The van der Waals surface area contributed by atoms with Gasteiger partial charge in [0.1, 0.15) is 11.5 Å². The first-order chi connectivity index (χ1) is 16.4. The maximum Gasteiger partial charge on any atom is 0.258 e. The molecule has 2 aromatic carbocycles. The summed E-state index contributed by atoms with van der Waals surface area (Å²) in [5, 5.41) is 13.0. The first-order valence-electron chi connectivity index (χ1n) is 11.6. The molecule has 0 aliphatic carbocycles. The molecule has 0 saturated carbocycles. The topological polar surface area (TPSA) is 114 Å². The molecular weight excluding hydrogens is 552 g/mol. The smallest absolute Gasteiger partial charge is 0.258 e. The van der Waals surface area contributed by atoms with Gasteiger partial charge in [-0.2, -0.15) is 0 Å². The first-order valence-corrected chi connectivity index (χ1v) is 16.8. The van der Waals surface area contributed by atoms with Crippen molar-refractivity contribution in [2.24, 2.45) is 0 Å². The maximum atomic E-state index is 12.6. The molecule has 11 heteroatoms. The Balaban J connectivity index is 2.20. The van der Waals surface area contributed by atoms with Crippen molar-refractivity contribution < 1.29 is 27.5 Å². The number of aromatic hydroxyl groups is 1. The minimum Gasteiger partial charge on any atom is -0.506 e. The highest BCUT2D eigenvalue weighted by molar-refractivity contribution is 9.10. The van der Waals surface area contributed by atoms with Crippen LogP contribution in [-0.4, -0.2) is 47.2 Å². The largest absolute Gasteiger partial charge is 0.506 e. The van der Waals surface area contributed by atoms with Gasteiger partial charge >= 0.3 is 0 Å². The summed E-state index contributed by atoms with van der Waals surface area (Å²) in [7, 11) is -5.67. The fraction of sp³-hybridized carbons (Fsp3) is 0.458. The molecule has 2 aromatic rings. The lowest BCUT2D eigenvalue weighted by Crippen LogP contribution is -2.41. The van der Waals surface area contributed by atoms with Gasteiger partial charge in [-0.1, -0.05) is 42.8 Å². The van der Waals surface area contributed by atoms with Crippen LogP contribution in [0, 0.1) is 6.92 Å². The van der Waals surface area contributed by atoms with Crippen molar-refractivity contribution in [3.63, 3.8) is 0 Å². The Labute approximate surface area is 217 Å². The highest BCUT2D eigenvalue weighted by Crippen LogP contribution is 2.33. The van der Waals surface area contributed by atoms with Crippen molar-refractivity contribution in [2.45, 2.75) is 51.9 Å². The molecule has 3 N–H and O–H groups in total. The molecule has 194 valence electrons. The summed E-state index contributed by atoms with van der Waals surface area (Å²) in [6.07, 6.45) is 0.504. The molecule has 35 heavy (non-hydrogen) atoms. The number of hydrogen-bond donors (Lipinski definition) is 3. The van der Waals surface area contributed by atoms with Crippen LogP contribution in [0.15, 0.2) is 40.9 Å². The highest BCUT2D eigenvalue weighted by Gasteiger charge is 2.33. The van der Waals surface area contributed by atoms with E-state index in [1.807, 2.05) is 19.1 Å². The second kappa shape index (κ2) is 12.7. The van der Waals surface area contributed by atoms with Gasteiger partial charge in [0.25, 0.3) is 5.91 Å². The van der Waals surface area contributed by atoms with E-state index in [0.29, 0.717) is 11.3 Å². The zero-order valence-electron chi connectivity index (χ0n) is 20.9. The number of anilines is 1. The van der Waals surface area contributed by atoms with Crippen LogP contribution in [0.3, 0.4) is 0 Å². The zero-order chi connectivity index (χ0) is 26.2. The second-order valence-corrected chi connectivity index (χ2v) is 15.8. The van der Waals surface area contributed by atoms with Crippen LogP contribution in [0.5, 0.6) is 11.5 Å². The van der Waals surface area contributed by atoms with Crippen molar-refractivity contribution in [2.75, 3.05) is 24.1 Å². The number of hydrogen-bond acceptors (Lipinski definition) is 6. The summed E-state index contributed by atoms with van der Waals surface area (Å²) in [6.45, 7) is 8.29. The molecule has 1 atom stereocenters. The third kappa shape index (κ3) is 8.82. The molecule has 2 rings (SSSR count). The number of phenols is 1. The molecule has 0 fully saturated rings. The lowest BCUT2D eigenvalue weighted by molar-refractivity contribution is -0.123. The Bertz CT molecular complexity index is 1120. The van der Waals surface area contributed by atoms with Gasteiger partial charge in [-0.05, 0) is 66.5 Å². The molecule has 0 aliphatic rings. The molecule has 0 aliphatic heterocycles. The summed E-state index contributed by atoms with van der Waals surface area (Å²) < 4.78 is 39.0. The van der Waals surface area contributed by atoms with Crippen LogP contribution < -0.4 is 14.8 Å². The van der Waals surface area contributed by atoms with E-state index in [9.17, 15) is 18.3 Å². The Hall–Kier alpha value is -2.08. The van der Waals surface area contributed by atoms with Crippen molar-refractivity contribution in [1.29, 1.82) is 0 Å². The average molecular weight is 588 g/mol. The minimum absolute atomic E-state index is 0.0654. The number of benzene rings is 2. The fourth-order valence-electron chi connectivity index (χ4n) is 3.68. The summed E-state index contributed by atoms with van der Waals surface area (Å²) in [4.78, 5) is 12.6. The summed E-state index contributed by atoms with van der Waals surface area (Å²) in [6, 6.07) is 12.9. The van der Waals surface area contributed by atoms with E-state index in [1.54, 1.807) is 18.2 Å². The van der Waals surface area contributed by atoms with E-state index in [0.717, 1.165) is 34.4 Å². The number of rotatable bonds is 13. The summed E-state index contributed by atoms with van der Waals surface area (Å²) in [5.41, 5.74) is 1.73. The van der Waals surface area contributed by atoms with Crippen molar-refractivity contribution in [1.82, 2.24) is 5.32 Å². The Morgan fingerprint density at radius 2 is 1.77 bits per heavy atom. The predicted molar refractivity (Wildman–Crippen MR) is 145 cm³/mol. The van der Waals surface area contributed by atoms with Crippen LogP contribution in [0.1, 0.15) is 38.0 Å². The van der Waals surface area contributed by atoms with E-state index in [1.165, 1.54) is 6.07 Å². The number of ether oxygens (including phenoxy) is 1. The van der Waals surface area contributed by atoms with Crippen molar-refractivity contribution in [3.05, 3.63) is 52.0 Å². The second-order valence-electron chi connectivity index (χ2n) is 8.50. The first kappa shape index (κ1) is 29.1. The summed E-state index contributed by atoms with van der Waals surface area (Å²) in [5.74, 6) is 0.104. The lowest BCUT2D eigenvalue weighted by atomic mass is 10.1. The number of carbonyl (C=O) groups is 1. The van der Waals surface area contributed by atoms with E-state index in [4.69, 9.17) is 9.16 Å². The van der Waals surface area contributed by atoms with Gasteiger partial charge in [0.15, 0.2) is 14.9 Å². The van der Waals surface area contributed by atoms with Gasteiger partial charge in [0.05, 0.1) is 18.0 Å². The third-order valence-corrected chi connectivity index (χ3v) is 12.1. The Kier molecular flexibility index (Phi) is 10.6. The van der Waals surface area contributed by atoms with Gasteiger partial charge in [-0.25, -0.2) is 8.42 Å². The molecule has 0 radical (unpaired) electrons. The molecule has 0 heterocycles. The number of carbonyl (C=O) groups excluding carboxylic acids is 1. The maximum absolute atomic E-state index is 12.6. The van der Waals surface area contributed by atoms with E-state index in [-0.39, 0.29) is 30.5 Å². The molecule has 0 bridgehead atoms. The number of phenolic OH excluding ortho intramolecular Hbond substituents is 1. The number of sulfonamides is 1. The predicted octanol–water partition coefficient (Wildman–Crippen LogP) is 5.09.